The van der Waals surface area contributed by atoms with Gasteiger partial charge in [-0.15, -0.1) is 11.6 Å². The fourth-order valence-corrected chi connectivity index (χ4v) is 3.16. The van der Waals surface area contributed by atoms with Crippen LogP contribution < -0.4 is 0 Å². The molecule has 0 amide bonds. The number of hydrogen-bond donors (Lipinski definition) is 0. The number of halogens is 4. The standard InChI is InChI=1S/C15H10Br2ClFN2/c1-8(18)15-20-12-5-3-10(19)7-14(12)21(15)13-6-9(16)2-4-11(13)17/h2-8H,1H3. The maximum atomic E-state index is 13.6. The topological polar surface area (TPSA) is 17.8 Å². The van der Waals surface area contributed by atoms with Crippen LogP contribution >= 0.6 is 43.5 Å². The van der Waals surface area contributed by atoms with E-state index in [4.69, 9.17) is 11.6 Å². The van der Waals surface area contributed by atoms with E-state index in [9.17, 15) is 4.39 Å². The number of rotatable bonds is 2. The molecule has 0 radical (unpaired) electrons. The first-order valence-corrected chi connectivity index (χ1v) is 8.27. The van der Waals surface area contributed by atoms with Crippen molar-refractivity contribution in [2.75, 3.05) is 0 Å². The fourth-order valence-electron chi connectivity index (χ4n) is 2.24. The van der Waals surface area contributed by atoms with Gasteiger partial charge in [-0.25, -0.2) is 9.37 Å². The number of imidazole rings is 1. The molecule has 0 bridgehead atoms. The van der Waals surface area contributed by atoms with Crippen LogP contribution in [0.25, 0.3) is 16.7 Å². The number of fused-ring (bicyclic) bond motifs is 1. The van der Waals surface area contributed by atoms with Gasteiger partial charge in [0.15, 0.2) is 0 Å². The second-order valence-electron chi connectivity index (χ2n) is 4.65. The van der Waals surface area contributed by atoms with E-state index < -0.39 is 0 Å². The first kappa shape index (κ1) is 15.0. The maximum absolute atomic E-state index is 13.6. The molecule has 0 saturated carbocycles. The van der Waals surface area contributed by atoms with Gasteiger partial charge in [-0.3, -0.25) is 4.57 Å². The lowest BCUT2D eigenvalue weighted by molar-refractivity contribution is 0.629. The molecule has 0 aliphatic rings. The van der Waals surface area contributed by atoms with Gasteiger partial charge in [-0.05, 0) is 53.2 Å². The zero-order valence-corrected chi connectivity index (χ0v) is 14.9. The third kappa shape index (κ3) is 2.74. The molecule has 21 heavy (non-hydrogen) atoms. The van der Waals surface area contributed by atoms with Crippen molar-refractivity contribution >= 4 is 54.5 Å². The third-order valence-electron chi connectivity index (χ3n) is 3.15. The fraction of sp³-hybridized carbons (Fsp3) is 0.133. The summed E-state index contributed by atoms with van der Waals surface area (Å²) in [5.74, 6) is 0.375. The lowest BCUT2D eigenvalue weighted by Gasteiger charge is -2.13. The first-order valence-electron chi connectivity index (χ1n) is 6.25. The van der Waals surface area contributed by atoms with Gasteiger partial charge in [0.1, 0.15) is 11.6 Å². The van der Waals surface area contributed by atoms with Crippen molar-refractivity contribution in [1.82, 2.24) is 9.55 Å². The Labute approximate surface area is 143 Å². The van der Waals surface area contributed by atoms with E-state index in [1.807, 2.05) is 29.7 Å². The van der Waals surface area contributed by atoms with E-state index >= 15 is 0 Å². The predicted molar refractivity (Wildman–Crippen MR) is 90.7 cm³/mol. The minimum absolute atomic E-state index is 0.300. The van der Waals surface area contributed by atoms with Crippen LogP contribution in [0.5, 0.6) is 0 Å². The van der Waals surface area contributed by atoms with Crippen molar-refractivity contribution in [1.29, 1.82) is 0 Å². The van der Waals surface area contributed by atoms with E-state index in [0.717, 1.165) is 14.6 Å². The Morgan fingerprint density at radius 1 is 1.19 bits per heavy atom. The van der Waals surface area contributed by atoms with Gasteiger partial charge in [0.05, 0.1) is 22.1 Å². The molecule has 0 N–H and O–H groups in total. The molecule has 0 aliphatic heterocycles. The van der Waals surface area contributed by atoms with E-state index in [1.54, 1.807) is 6.07 Å². The largest absolute Gasteiger partial charge is 0.294 e. The predicted octanol–water partition coefficient (Wildman–Crippen LogP) is 5.99. The normalized spacial score (nSPS) is 12.8. The molecule has 1 aromatic heterocycles. The van der Waals surface area contributed by atoms with Crippen LogP contribution in [0.15, 0.2) is 45.3 Å². The third-order valence-corrected chi connectivity index (χ3v) is 4.51. The zero-order chi connectivity index (χ0) is 15.1. The number of aromatic nitrogens is 2. The number of nitrogens with zero attached hydrogens (tertiary/aromatic N) is 2. The lowest BCUT2D eigenvalue weighted by atomic mass is 10.2. The van der Waals surface area contributed by atoms with Crippen LogP contribution in [0.4, 0.5) is 4.39 Å². The molecule has 3 aromatic rings. The van der Waals surface area contributed by atoms with Crippen molar-refractivity contribution in [3.63, 3.8) is 0 Å². The summed E-state index contributed by atoms with van der Waals surface area (Å²) in [6.45, 7) is 1.85. The van der Waals surface area contributed by atoms with Crippen molar-refractivity contribution in [2.45, 2.75) is 12.3 Å². The summed E-state index contributed by atoms with van der Waals surface area (Å²) >= 11 is 13.3. The van der Waals surface area contributed by atoms with Gasteiger partial charge in [0.25, 0.3) is 0 Å². The lowest BCUT2D eigenvalue weighted by Crippen LogP contribution is -2.03. The van der Waals surface area contributed by atoms with Crippen LogP contribution in [0, 0.1) is 5.82 Å². The van der Waals surface area contributed by atoms with Crippen molar-refractivity contribution in [3.8, 4) is 5.69 Å². The Balaban J connectivity index is 2.41. The Morgan fingerprint density at radius 3 is 2.67 bits per heavy atom. The van der Waals surface area contributed by atoms with Gasteiger partial charge in [-0.1, -0.05) is 15.9 Å². The summed E-state index contributed by atoms with van der Waals surface area (Å²) in [6.07, 6.45) is 0. The van der Waals surface area contributed by atoms with Crippen molar-refractivity contribution in [2.24, 2.45) is 0 Å². The van der Waals surface area contributed by atoms with Crippen LogP contribution in [-0.4, -0.2) is 9.55 Å². The van der Waals surface area contributed by atoms with Gasteiger partial charge >= 0.3 is 0 Å². The Morgan fingerprint density at radius 2 is 1.95 bits per heavy atom. The zero-order valence-electron chi connectivity index (χ0n) is 10.9. The van der Waals surface area contributed by atoms with E-state index in [0.29, 0.717) is 16.9 Å². The van der Waals surface area contributed by atoms with Gasteiger partial charge in [0, 0.05) is 15.0 Å². The minimum Gasteiger partial charge on any atom is -0.294 e. The smallest absolute Gasteiger partial charge is 0.132 e. The molecule has 1 unspecified atom stereocenters. The molecular weight excluding hydrogens is 422 g/mol. The van der Waals surface area contributed by atoms with Crippen LogP contribution in [0.2, 0.25) is 0 Å². The highest BCUT2D eigenvalue weighted by atomic mass is 79.9. The summed E-state index contributed by atoms with van der Waals surface area (Å²) < 4.78 is 17.3. The van der Waals surface area contributed by atoms with Gasteiger partial charge in [0.2, 0.25) is 0 Å². The average Bonchev–Trinajstić information content (AvgIpc) is 2.80. The second-order valence-corrected chi connectivity index (χ2v) is 7.07. The summed E-state index contributed by atoms with van der Waals surface area (Å²) in [5.41, 5.74) is 2.27. The Kier molecular flexibility index (Phi) is 4.08. The van der Waals surface area contributed by atoms with Crippen LogP contribution in [-0.2, 0) is 0 Å². The SMILES string of the molecule is CC(Cl)c1nc2ccc(F)cc2n1-c1cc(Br)ccc1Br. The molecule has 0 spiro atoms. The Hall–Kier alpha value is -0.910. The monoisotopic (exact) mass is 430 g/mol. The summed E-state index contributed by atoms with van der Waals surface area (Å²) in [7, 11) is 0. The molecule has 0 fully saturated rings. The quantitative estimate of drug-likeness (QED) is 0.455. The molecule has 3 rings (SSSR count). The number of alkyl halides is 1. The van der Waals surface area contributed by atoms with Crippen LogP contribution in [0.1, 0.15) is 18.1 Å². The average molecular weight is 433 g/mol. The van der Waals surface area contributed by atoms with Crippen molar-refractivity contribution < 1.29 is 4.39 Å². The molecular formula is C15H10Br2ClFN2. The highest BCUT2D eigenvalue weighted by Crippen LogP contribution is 2.33. The van der Waals surface area contributed by atoms with E-state index in [-0.39, 0.29) is 11.2 Å². The van der Waals surface area contributed by atoms with Gasteiger partial charge in [-0.2, -0.15) is 0 Å². The van der Waals surface area contributed by atoms with Gasteiger partial charge < -0.3 is 0 Å². The second kappa shape index (κ2) is 5.71. The molecule has 2 nitrogen and oxygen atoms in total. The maximum Gasteiger partial charge on any atom is 0.132 e. The molecule has 0 saturated heterocycles. The molecule has 1 heterocycles. The van der Waals surface area contributed by atoms with Crippen molar-refractivity contribution in [3.05, 3.63) is 57.0 Å². The molecule has 2 aromatic carbocycles. The Bertz CT molecular complexity index is 830. The van der Waals surface area contributed by atoms with E-state index in [2.05, 4.69) is 36.8 Å². The highest BCUT2D eigenvalue weighted by Gasteiger charge is 2.18. The first-order chi connectivity index (χ1) is 9.97. The number of benzene rings is 2. The number of hydrogen-bond acceptors (Lipinski definition) is 1. The minimum atomic E-state index is -0.302. The van der Waals surface area contributed by atoms with Crippen LogP contribution in [0.3, 0.4) is 0 Å². The molecule has 0 aliphatic carbocycles. The molecule has 6 heteroatoms. The summed E-state index contributed by atoms with van der Waals surface area (Å²) in [4.78, 5) is 4.53. The molecule has 1 atom stereocenters. The summed E-state index contributed by atoms with van der Waals surface area (Å²) in [5, 5.41) is -0.300. The van der Waals surface area contributed by atoms with E-state index in [1.165, 1.54) is 12.1 Å². The summed E-state index contributed by atoms with van der Waals surface area (Å²) in [6, 6.07) is 10.3. The highest BCUT2D eigenvalue weighted by molar-refractivity contribution is 9.11. The molecule has 108 valence electrons.